The predicted molar refractivity (Wildman–Crippen MR) is 71.8 cm³/mol. The zero-order chi connectivity index (χ0) is 13.1. The lowest BCUT2D eigenvalue weighted by Crippen LogP contribution is -2.52. The van der Waals surface area contributed by atoms with E-state index in [1.165, 1.54) is 16.7 Å². The van der Waals surface area contributed by atoms with Crippen LogP contribution >= 0.6 is 0 Å². The van der Waals surface area contributed by atoms with E-state index in [1.54, 1.807) is 7.11 Å². The SMILES string of the molecule is COC(C)(C)C(Cc1cc(C)cc(C)c1)NN. The minimum Gasteiger partial charge on any atom is -0.377 e. The molecule has 0 saturated carbocycles. The molecule has 1 aromatic carbocycles. The second-order valence-electron chi connectivity index (χ2n) is 5.23. The number of aryl methyl sites for hydroxylation is 2. The zero-order valence-electron chi connectivity index (χ0n) is 11.5. The normalized spacial score (nSPS) is 13.8. The summed E-state index contributed by atoms with van der Waals surface area (Å²) in [6, 6.07) is 6.66. The number of nitrogens with one attached hydrogen (secondary N) is 1. The van der Waals surface area contributed by atoms with E-state index < -0.39 is 0 Å². The third-order valence-corrected chi connectivity index (χ3v) is 3.29. The van der Waals surface area contributed by atoms with Crippen molar-refractivity contribution in [3.05, 3.63) is 34.9 Å². The van der Waals surface area contributed by atoms with Crippen molar-refractivity contribution in [1.82, 2.24) is 5.43 Å². The van der Waals surface area contributed by atoms with Crippen molar-refractivity contribution < 1.29 is 4.74 Å². The Hall–Kier alpha value is -0.900. The Labute approximate surface area is 104 Å². The van der Waals surface area contributed by atoms with E-state index in [0.29, 0.717) is 0 Å². The fraction of sp³-hybridized carbons (Fsp3) is 0.571. The highest BCUT2D eigenvalue weighted by molar-refractivity contribution is 5.29. The van der Waals surface area contributed by atoms with Crippen LogP contribution in [0.4, 0.5) is 0 Å². The molecule has 0 aliphatic carbocycles. The van der Waals surface area contributed by atoms with Gasteiger partial charge in [0.1, 0.15) is 0 Å². The second-order valence-corrected chi connectivity index (χ2v) is 5.23. The van der Waals surface area contributed by atoms with Crippen LogP contribution in [0.1, 0.15) is 30.5 Å². The molecular weight excluding hydrogens is 212 g/mol. The van der Waals surface area contributed by atoms with E-state index in [2.05, 4.69) is 37.5 Å². The molecule has 0 aliphatic heterocycles. The fourth-order valence-electron chi connectivity index (χ4n) is 2.07. The van der Waals surface area contributed by atoms with Crippen LogP contribution in [0.2, 0.25) is 0 Å². The van der Waals surface area contributed by atoms with Gasteiger partial charge in [0.2, 0.25) is 0 Å². The maximum Gasteiger partial charge on any atom is 0.0791 e. The molecule has 1 aromatic rings. The molecule has 0 aliphatic rings. The Bertz CT molecular complexity index is 354. The van der Waals surface area contributed by atoms with E-state index in [1.807, 2.05) is 13.8 Å². The van der Waals surface area contributed by atoms with Crippen LogP contribution in [0.3, 0.4) is 0 Å². The van der Waals surface area contributed by atoms with Crippen molar-refractivity contribution in [2.24, 2.45) is 5.84 Å². The highest BCUT2D eigenvalue weighted by Crippen LogP contribution is 2.19. The molecule has 0 spiro atoms. The van der Waals surface area contributed by atoms with Crippen molar-refractivity contribution in [2.45, 2.75) is 45.8 Å². The minimum atomic E-state index is -0.285. The number of benzene rings is 1. The molecule has 96 valence electrons. The molecule has 0 radical (unpaired) electrons. The van der Waals surface area contributed by atoms with Crippen LogP contribution in [-0.4, -0.2) is 18.8 Å². The molecule has 0 aromatic heterocycles. The summed E-state index contributed by atoms with van der Waals surface area (Å²) in [6.07, 6.45) is 0.861. The van der Waals surface area contributed by atoms with E-state index in [0.717, 1.165) is 6.42 Å². The van der Waals surface area contributed by atoms with Gasteiger partial charge in [0.25, 0.3) is 0 Å². The van der Waals surface area contributed by atoms with Crippen molar-refractivity contribution in [3.8, 4) is 0 Å². The average Bonchev–Trinajstić information content (AvgIpc) is 2.24. The molecule has 0 bridgehead atoms. The lowest BCUT2D eigenvalue weighted by atomic mass is 9.91. The van der Waals surface area contributed by atoms with Crippen molar-refractivity contribution in [1.29, 1.82) is 0 Å². The van der Waals surface area contributed by atoms with Crippen LogP contribution in [0, 0.1) is 13.8 Å². The first-order chi connectivity index (χ1) is 7.89. The Morgan fingerprint density at radius 3 is 2.18 bits per heavy atom. The van der Waals surface area contributed by atoms with Gasteiger partial charge in [-0.2, -0.15) is 0 Å². The largest absolute Gasteiger partial charge is 0.377 e. The highest BCUT2D eigenvalue weighted by atomic mass is 16.5. The summed E-state index contributed by atoms with van der Waals surface area (Å²) in [4.78, 5) is 0. The van der Waals surface area contributed by atoms with Gasteiger partial charge in [0.05, 0.1) is 11.6 Å². The Morgan fingerprint density at radius 1 is 1.24 bits per heavy atom. The van der Waals surface area contributed by atoms with Gasteiger partial charge < -0.3 is 4.74 Å². The Morgan fingerprint density at radius 2 is 1.76 bits per heavy atom. The van der Waals surface area contributed by atoms with Crippen LogP contribution in [-0.2, 0) is 11.2 Å². The molecular formula is C14H24N2O. The number of methoxy groups -OCH3 is 1. The van der Waals surface area contributed by atoms with E-state index >= 15 is 0 Å². The van der Waals surface area contributed by atoms with Gasteiger partial charge in [-0.25, -0.2) is 0 Å². The fourth-order valence-corrected chi connectivity index (χ4v) is 2.07. The summed E-state index contributed by atoms with van der Waals surface area (Å²) in [7, 11) is 1.71. The third kappa shape index (κ3) is 3.80. The van der Waals surface area contributed by atoms with Crippen LogP contribution < -0.4 is 11.3 Å². The molecule has 0 amide bonds. The van der Waals surface area contributed by atoms with Gasteiger partial charge in [0, 0.05) is 7.11 Å². The molecule has 0 heterocycles. The number of ether oxygens (including phenoxy) is 1. The van der Waals surface area contributed by atoms with Gasteiger partial charge in [0.15, 0.2) is 0 Å². The molecule has 17 heavy (non-hydrogen) atoms. The van der Waals surface area contributed by atoms with Crippen LogP contribution in [0.25, 0.3) is 0 Å². The second kappa shape index (κ2) is 5.63. The topological polar surface area (TPSA) is 47.3 Å². The molecule has 1 atom stereocenters. The van der Waals surface area contributed by atoms with Gasteiger partial charge in [-0.3, -0.25) is 11.3 Å². The zero-order valence-corrected chi connectivity index (χ0v) is 11.5. The molecule has 3 nitrogen and oxygen atoms in total. The number of hydrogen-bond donors (Lipinski definition) is 2. The number of nitrogens with two attached hydrogens (primary N) is 1. The maximum absolute atomic E-state index is 5.63. The molecule has 1 rings (SSSR count). The first-order valence-corrected chi connectivity index (χ1v) is 5.97. The van der Waals surface area contributed by atoms with Crippen LogP contribution in [0.5, 0.6) is 0 Å². The summed E-state index contributed by atoms with van der Waals surface area (Å²) < 4.78 is 5.48. The highest BCUT2D eigenvalue weighted by Gasteiger charge is 2.28. The van der Waals surface area contributed by atoms with E-state index in [9.17, 15) is 0 Å². The molecule has 3 N–H and O–H groups in total. The summed E-state index contributed by atoms with van der Waals surface area (Å²) in [5.41, 5.74) is 6.42. The third-order valence-electron chi connectivity index (χ3n) is 3.29. The molecule has 3 heteroatoms. The monoisotopic (exact) mass is 236 g/mol. The Balaban J connectivity index is 2.88. The molecule has 0 fully saturated rings. The van der Waals surface area contributed by atoms with Crippen molar-refractivity contribution >= 4 is 0 Å². The first kappa shape index (κ1) is 14.2. The number of hydrogen-bond acceptors (Lipinski definition) is 3. The Kier molecular flexibility index (Phi) is 4.69. The lowest BCUT2D eigenvalue weighted by molar-refractivity contribution is -0.0101. The lowest BCUT2D eigenvalue weighted by Gasteiger charge is -2.32. The summed E-state index contributed by atoms with van der Waals surface area (Å²) in [5, 5.41) is 0. The van der Waals surface area contributed by atoms with Gasteiger partial charge in [-0.1, -0.05) is 29.3 Å². The summed E-state index contributed by atoms with van der Waals surface area (Å²) in [6.45, 7) is 8.31. The number of hydrazine groups is 1. The molecule has 1 unspecified atom stereocenters. The maximum atomic E-state index is 5.63. The van der Waals surface area contributed by atoms with Crippen LogP contribution in [0.15, 0.2) is 18.2 Å². The predicted octanol–water partition coefficient (Wildman–Crippen LogP) is 2.10. The van der Waals surface area contributed by atoms with Gasteiger partial charge >= 0.3 is 0 Å². The quantitative estimate of drug-likeness (QED) is 0.608. The number of rotatable bonds is 5. The summed E-state index contributed by atoms with van der Waals surface area (Å²) >= 11 is 0. The standard InChI is InChI=1S/C14H24N2O/c1-10-6-11(2)8-12(7-10)9-13(16-15)14(3,4)17-5/h6-8,13,16H,9,15H2,1-5H3. The van der Waals surface area contributed by atoms with E-state index in [4.69, 9.17) is 10.6 Å². The average molecular weight is 236 g/mol. The minimum absolute atomic E-state index is 0.0914. The smallest absolute Gasteiger partial charge is 0.0791 e. The van der Waals surface area contributed by atoms with E-state index in [-0.39, 0.29) is 11.6 Å². The van der Waals surface area contributed by atoms with Gasteiger partial charge in [-0.15, -0.1) is 0 Å². The van der Waals surface area contributed by atoms with Crippen molar-refractivity contribution in [3.63, 3.8) is 0 Å². The molecule has 0 saturated heterocycles. The van der Waals surface area contributed by atoms with Crippen molar-refractivity contribution in [2.75, 3.05) is 7.11 Å². The summed E-state index contributed by atoms with van der Waals surface area (Å²) in [5.74, 6) is 5.63. The van der Waals surface area contributed by atoms with Gasteiger partial charge in [-0.05, 0) is 39.7 Å². The first-order valence-electron chi connectivity index (χ1n) is 5.97.